The molecule has 0 spiro atoms. The van der Waals surface area contributed by atoms with Crippen LogP contribution in [0, 0.1) is 6.92 Å². The Morgan fingerprint density at radius 2 is 2.33 bits per heavy atom. The van der Waals surface area contributed by atoms with Crippen molar-refractivity contribution < 1.29 is 4.52 Å². The van der Waals surface area contributed by atoms with Crippen LogP contribution >= 0.6 is 0 Å². The number of nitrogens with one attached hydrogen (secondary N) is 1. The zero-order valence-electron chi connectivity index (χ0n) is 8.40. The van der Waals surface area contributed by atoms with Crippen LogP contribution in [0.4, 0.5) is 11.4 Å². The van der Waals surface area contributed by atoms with E-state index in [1.807, 2.05) is 25.1 Å². The number of anilines is 2. The predicted octanol–water partition coefficient (Wildman–Crippen LogP) is 1.57. The van der Waals surface area contributed by atoms with E-state index in [-0.39, 0.29) is 0 Å². The SMILES string of the molecule is Cc1cccc(N)c1NCc1ncon1. The third-order valence-corrected chi connectivity index (χ3v) is 2.14. The van der Waals surface area contributed by atoms with Gasteiger partial charge < -0.3 is 15.6 Å². The van der Waals surface area contributed by atoms with Gasteiger partial charge in [0.25, 0.3) is 0 Å². The highest BCUT2D eigenvalue weighted by molar-refractivity contribution is 5.69. The van der Waals surface area contributed by atoms with E-state index in [0.717, 1.165) is 16.9 Å². The lowest BCUT2D eigenvalue weighted by molar-refractivity contribution is 0.411. The fourth-order valence-corrected chi connectivity index (χ4v) is 1.37. The van der Waals surface area contributed by atoms with E-state index in [1.165, 1.54) is 6.39 Å². The molecule has 0 aliphatic heterocycles. The molecule has 0 amide bonds. The molecule has 0 aliphatic carbocycles. The number of aromatic nitrogens is 2. The topological polar surface area (TPSA) is 77.0 Å². The van der Waals surface area contributed by atoms with Crippen LogP contribution in [0.3, 0.4) is 0 Å². The lowest BCUT2D eigenvalue weighted by Gasteiger charge is -2.10. The largest absolute Gasteiger partial charge is 0.397 e. The van der Waals surface area contributed by atoms with Gasteiger partial charge in [-0.05, 0) is 18.6 Å². The van der Waals surface area contributed by atoms with Gasteiger partial charge in [-0.3, -0.25) is 0 Å². The van der Waals surface area contributed by atoms with Crippen LogP contribution in [0.2, 0.25) is 0 Å². The van der Waals surface area contributed by atoms with Crippen molar-refractivity contribution in [1.82, 2.24) is 10.1 Å². The van der Waals surface area contributed by atoms with Crippen molar-refractivity contribution in [2.24, 2.45) is 0 Å². The number of nitrogens with two attached hydrogens (primary N) is 1. The van der Waals surface area contributed by atoms with Crippen LogP contribution in [-0.4, -0.2) is 10.1 Å². The second kappa shape index (κ2) is 4.00. The molecule has 1 aromatic carbocycles. The summed E-state index contributed by atoms with van der Waals surface area (Å²) in [6.07, 6.45) is 1.30. The molecular formula is C10H12N4O. The average molecular weight is 204 g/mol. The maximum atomic E-state index is 5.83. The maximum Gasteiger partial charge on any atom is 0.213 e. The van der Waals surface area contributed by atoms with E-state index >= 15 is 0 Å². The first kappa shape index (κ1) is 9.51. The van der Waals surface area contributed by atoms with Crippen molar-refractivity contribution in [3.05, 3.63) is 36.0 Å². The summed E-state index contributed by atoms with van der Waals surface area (Å²) in [5, 5.41) is 6.87. The lowest BCUT2D eigenvalue weighted by Crippen LogP contribution is -2.05. The van der Waals surface area contributed by atoms with Crippen molar-refractivity contribution in [2.45, 2.75) is 13.5 Å². The van der Waals surface area contributed by atoms with Gasteiger partial charge in [0.1, 0.15) is 0 Å². The fourth-order valence-electron chi connectivity index (χ4n) is 1.37. The van der Waals surface area contributed by atoms with E-state index in [0.29, 0.717) is 12.4 Å². The molecule has 0 saturated heterocycles. The van der Waals surface area contributed by atoms with Crippen LogP contribution in [0.25, 0.3) is 0 Å². The Bertz CT molecular complexity index is 418. The van der Waals surface area contributed by atoms with Crippen molar-refractivity contribution in [3.63, 3.8) is 0 Å². The van der Waals surface area contributed by atoms with Gasteiger partial charge in [0.2, 0.25) is 6.39 Å². The maximum absolute atomic E-state index is 5.83. The van der Waals surface area contributed by atoms with Gasteiger partial charge in [-0.2, -0.15) is 4.98 Å². The number of nitrogen functional groups attached to an aromatic ring is 1. The van der Waals surface area contributed by atoms with Crippen LogP contribution in [0.15, 0.2) is 29.1 Å². The number of para-hydroxylation sites is 1. The summed E-state index contributed by atoms with van der Waals surface area (Å²) in [5.41, 5.74) is 8.57. The van der Waals surface area contributed by atoms with E-state index in [2.05, 4.69) is 20.0 Å². The third kappa shape index (κ3) is 2.07. The second-order valence-electron chi connectivity index (χ2n) is 3.24. The Morgan fingerprint density at radius 1 is 1.47 bits per heavy atom. The number of hydrogen-bond acceptors (Lipinski definition) is 5. The average Bonchev–Trinajstić information content (AvgIpc) is 2.70. The molecule has 3 N–H and O–H groups in total. The van der Waals surface area contributed by atoms with Crippen molar-refractivity contribution in [3.8, 4) is 0 Å². The monoisotopic (exact) mass is 204 g/mol. The summed E-state index contributed by atoms with van der Waals surface area (Å²) in [5.74, 6) is 0.609. The Kier molecular flexibility index (Phi) is 2.53. The van der Waals surface area contributed by atoms with Crippen molar-refractivity contribution >= 4 is 11.4 Å². The summed E-state index contributed by atoms with van der Waals surface area (Å²) in [6, 6.07) is 5.77. The Morgan fingerprint density at radius 3 is 3.00 bits per heavy atom. The molecule has 1 heterocycles. The van der Waals surface area contributed by atoms with E-state index in [4.69, 9.17) is 5.73 Å². The lowest BCUT2D eigenvalue weighted by atomic mass is 10.1. The minimum absolute atomic E-state index is 0.506. The second-order valence-corrected chi connectivity index (χ2v) is 3.24. The van der Waals surface area contributed by atoms with E-state index in [9.17, 15) is 0 Å². The van der Waals surface area contributed by atoms with Gasteiger partial charge >= 0.3 is 0 Å². The zero-order valence-corrected chi connectivity index (χ0v) is 8.40. The first-order valence-electron chi connectivity index (χ1n) is 4.61. The number of nitrogens with zero attached hydrogens (tertiary/aromatic N) is 2. The number of benzene rings is 1. The van der Waals surface area contributed by atoms with Crippen LogP contribution in [0.5, 0.6) is 0 Å². The molecule has 0 atom stereocenters. The normalized spacial score (nSPS) is 10.2. The van der Waals surface area contributed by atoms with E-state index in [1.54, 1.807) is 0 Å². The summed E-state index contributed by atoms with van der Waals surface area (Å²) in [4.78, 5) is 3.91. The quantitative estimate of drug-likeness (QED) is 0.742. The highest BCUT2D eigenvalue weighted by Gasteiger charge is 2.03. The molecule has 0 unspecified atom stereocenters. The highest BCUT2D eigenvalue weighted by atomic mass is 16.5. The predicted molar refractivity (Wildman–Crippen MR) is 57.2 cm³/mol. The molecule has 5 nitrogen and oxygen atoms in total. The molecule has 15 heavy (non-hydrogen) atoms. The number of aryl methyl sites for hydroxylation is 1. The van der Waals surface area contributed by atoms with Gasteiger partial charge in [0.05, 0.1) is 17.9 Å². The summed E-state index contributed by atoms with van der Waals surface area (Å²) >= 11 is 0. The molecule has 2 rings (SSSR count). The Hall–Kier alpha value is -2.04. The molecule has 5 heteroatoms. The fraction of sp³-hybridized carbons (Fsp3) is 0.200. The van der Waals surface area contributed by atoms with Crippen molar-refractivity contribution in [2.75, 3.05) is 11.1 Å². The van der Waals surface area contributed by atoms with Gasteiger partial charge in [-0.25, -0.2) is 0 Å². The van der Waals surface area contributed by atoms with Crippen LogP contribution in [0.1, 0.15) is 11.4 Å². The van der Waals surface area contributed by atoms with Crippen LogP contribution < -0.4 is 11.1 Å². The molecule has 0 bridgehead atoms. The van der Waals surface area contributed by atoms with Crippen LogP contribution in [-0.2, 0) is 6.54 Å². The number of hydrogen-bond donors (Lipinski definition) is 2. The van der Waals surface area contributed by atoms with Gasteiger partial charge in [-0.1, -0.05) is 17.3 Å². The van der Waals surface area contributed by atoms with Crippen molar-refractivity contribution in [1.29, 1.82) is 0 Å². The first-order valence-corrected chi connectivity index (χ1v) is 4.61. The molecule has 0 aliphatic rings. The molecule has 0 saturated carbocycles. The van der Waals surface area contributed by atoms with Gasteiger partial charge in [-0.15, -0.1) is 0 Å². The molecule has 78 valence electrons. The smallest absolute Gasteiger partial charge is 0.213 e. The Labute approximate surface area is 87.3 Å². The molecule has 1 aromatic heterocycles. The van der Waals surface area contributed by atoms with Gasteiger partial charge in [0, 0.05) is 0 Å². The summed E-state index contributed by atoms with van der Waals surface area (Å²) < 4.78 is 4.63. The highest BCUT2D eigenvalue weighted by Crippen LogP contribution is 2.22. The standard InChI is InChI=1S/C10H12N4O/c1-7-3-2-4-8(11)10(7)12-5-9-13-6-15-14-9/h2-4,6,12H,5,11H2,1H3. The minimum Gasteiger partial charge on any atom is -0.397 e. The first-order chi connectivity index (χ1) is 7.27. The Balaban J connectivity index is 2.11. The molecular weight excluding hydrogens is 192 g/mol. The molecule has 0 radical (unpaired) electrons. The third-order valence-electron chi connectivity index (χ3n) is 2.14. The van der Waals surface area contributed by atoms with Gasteiger partial charge in [0.15, 0.2) is 5.82 Å². The summed E-state index contributed by atoms with van der Waals surface area (Å²) in [7, 11) is 0. The molecule has 0 fully saturated rings. The number of rotatable bonds is 3. The zero-order chi connectivity index (χ0) is 10.7. The molecule has 2 aromatic rings. The van der Waals surface area contributed by atoms with E-state index < -0.39 is 0 Å². The summed E-state index contributed by atoms with van der Waals surface area (Å²) in [6.45, 7) is 2.50. The minimum atomic E-state index is 0.506.